The third-order valence-corrected chi connectivity index (χ3v) is 3.83. The van der Waals surface area contributed by atoms with Crippen molar-refractivity contribution in [3.63, 3.8) is 0 Å². The summed E-state index contributed by atoms with van der Waals surface area (Å²) in [7, 11) is 0. The van der Waals surface area contributed by atoms with Gasteiger partial charge in [0.25, 0.3) is 5.91 Å². The monoisotopic (exact) mass is 341 g/mol. The van der Waals surface area contributed by atoms with Crippen LogP contribution in [0.3, 0.4) is 0 Å². The fourth-order valence-corrected chi connectivity index (χ4v) is 2.44. The molecule has 1 aliphatic rings. The Labute approximate surface area is 145 Å². The Bertz CT molecular complexity index is 760. The summed E-state index contributed by atoms with van der Waals surface area (Å²) >= 11 is 0. The molecule has 1 aliphatic heterocycles. The van der Waals surface area contributed by atoms with Gasteiger partial charge in [-0.3, -0.25) is 4.79 Å². The summed E-state index contributed by atoms with van der Waals surface area (Å²) in [5.74, 6) is 0.195. The second-order valence-corrected chi connectivity index (χ2v) is 5.57. The van der Waals surface area contributed by atoms with Crippen LogP contribution in [0.25, 0.3) is 0 Å². The highest BCUT2D eigenvalue weighted by Gasteiger charge is 2.23. The van der Waals surface area contributed by atoms with Crippen LogP contribution < -0.4 is 14.8 Å². The van der Waals surface area contributed by atoms with Crippen molar-refractivity contribution >= 4 is 11.9 Å². The van der Waals surface area contributed by atoms with Gasteiger partial charge >= 0.3 is 5.97 Å². The van der Waals surface area contributed by atoms with E-state index in [1.165, 1.54) is 0 Å². The van der Waals surface area contributed by atoms with Crippen molar-refractivity contribution in [1.82, 2.24) is 5.32 Å². The Kier molecular flexibility index (Phi) is 5.18. The highest BCUT2D eigenvalue weighted by atomic mass is 16.7. The summed E-state index contributed by atoms with van der Waals surface area (Å²) in [6, 6.07) is 14.3. The minimum Gasteiger partial charge on any atom is -0.454 e. The van der Waals surface area contributed by atoms with Gasteiger partial charge in [-0.15, -0.1) is 0 Å². The molecule has 1 atom stereocenters. The summed E-state index contributed by atoms with van der Waals surface area (Å²) < 4.78 is 15.8. The van der Waals surface area contributed by atoms with E-state index in [0.29, 0.717) is 30.0 Å². The molecule has 130 valence electrons. The van der Waals surface area contributed by atoms with Gasteiger partial charge in [0.15, 0.2) is 17.6 Å². The molecule has 0 fully saturated rings. The molecule has 0 aromatic heterocycles. The molecule has 6 heteroatoms. The maximum Gasteiger partial charge on any atom is 0.339 e. The van der Waals surface area contributed by atoms with Crippen LogP contribution in [0.15, 0.2) is 48.5 Å². The molecule has 3 rings (SSSR count). The highest BCUT2D eigenvalue weighted by molar-refractivity contribution is 5.93. The second kappa shape index (κ2) is 7.70. The number of fused-ring (bicyclic) bond motifs is 1. The Morgan fingerprint density at radius 3 is 2.64 bits per heavy atom. The van der Waals surface area contributed by atoms with Crippen molar-refractivity contribution < 1.29 is 23.8 Å². The maximum atomic E-state index is 12.3. The summed E-state index contributed by atoms with van der Waals surface area (Å²) in [5.41, 5.74) is 1.30. The SMILES string of the molecule is CCC(OC(=O)c1ccc2c(c1)OCO2)C(=O)NCc1ccccc1. The number of ether oxygens (including phenoxy) is 3. The third-order valence-electron chi connectivity index (χ3n) is 3.83. The van der Waals surface area contributed by atoms with Crippen LogP contribution in [-0.4, -0.2) is 24.8 Å². The molecule has 1 amide bonds. The number of esters is 1. The quantitative estimate of drug-likeness (QED) is 0.818. The van der Waals surface area contributed by atoms with E-state index in [1.807, 2.05) is 30.3 Å². The van der Waals surface area contributed by atoms with E-state index in [2.05, 4.69) is 5.32 Å². The van der Waals surface area contributed by atoms with E-state index >= 15 is 0 Å². The van der Waals surface area contributed by atoms with Gasteiger partial charge in [0, 0.05) is 6.54 Å². The molecule has 0 radical (unpaired) electrons. The average molecular weight is 341 g/mol. The standard InChI is InChI=1S/C19H19NO5/c1-2-15(18(21)20-11-13-6-4-3-5-7-13)25-19(22)14-8-9-16-17(10-14)24-12-23-16/h3-10,15H,2,11-12H2,1H3,(H,20,21). The summed E-state index contributed by atoms with van der Waals surface area (Å²) in [5, 5.41) is 2.79. The van der Waals surface area contributed by atoms with Crippen molar-refractivity contribution in [1.29, 1.82) is 0 Å². The molecule has 1 heterocycles. The second-order valence-electron chi connectivity index (χ2n) is 5.57. The molecule has 6 nitrogen and oxygen atoms in total. The van der Waals surface area contributed by atoms with Crippen LogP contribution in [0.1, 0.15) is 29.3 Å². The minimum absolute atomic E-state index is 0.132. The lowest BCUT2D eigenvalue weighted by molar-refractivity contribution is -0.130. The molecule has 0 aliphatic carbocycles. The predicted octanol–water partition coefficient (Wildman–Crippen LogP) is 2.67. The minimum atomic E-state index is -0.846. The van der Waals surface area contributed by atoms with Crippen LogP contribution in [0.5, 0.6) is 11.5 Å². The van der Waals surface area contributed by atoms with Gasteiger partial charge in [0.2, 0.25) is 6.79 Å². The topological polar surface area (TPSA) is 73.9 Å². The van der Waals surface area contributed by atoms with Gasteiger partial charge in [-0.05, 0) is 30.2 Å². The molecule has 0 saturated heterocycles. The number of hydrogen-bond acceptors (Lipinski definition) is 5. The van der Waals surface area contributed by atoms with Gasteiger partial charge in [-0.1, -0.05) is 37.3 Å². The maximum absolute atomic E-state index is 12.3. The molecule has 2 aromatic rings. The number of carbonyl (C=O) groups excluding carboxylic acids is 2. The number of amides is 1. The Morgan fingerprint density at radius 2 is 1.88 bits per heavy atom. The smallest absolute Gasteiger partial charge is 0.339 e. The van der Waals surface area contributed by atoms with Crippen LogP contribution in [0.2, 0.25) is 0 Å². The largest absolute Gasteiger partial charge is 0.454 e. The lowest BCUT2D eigenvalue weighted by Crippen LogP contribution is -2.37. The van der Waals surface area contributed by atoms with E-state index in [0.717, 1.165) is 5.56 Å². The van der Waals surface area contributed by atoms with E-state index in [9.17, 15) is 9.59 Å². The predicted molar refractivity (Wildman–Crippen MR) is 90.3 cm³/mol. The first kappa shape index (κ1) is 16.8. The fourth-order valence-electron chi connectivity index (χ4n) is 2.44. The van der Waals surface area contributed by atoms with Crippen molar-refractivity contribution in [2.75, 3.05) is 6.79 Å². The summed E-state index contributed by atoms with van der Waals surface area (Å²) in [6.45, 7) is 2.31. The van der Waals surface area contributed by atoms with E-state index in [4.69, 9.17) is 14.2 Å². The number of carbonyl (C=O) groups is 2. The van der Waals surface area contributed by atoms with Crippen LogP contribution >= 0.6 is 0 Å². The molecule has 0 spiro atoms. The number of nitrogens with one attached hydrogen (secondary N) is 1. The molecule has 0 bridgehead atoms. The molecule has 25 heavy (non-hydrogen) atoms. The molecular formula is C19H19NO5. The average Bonchev–Trinajstić information content (AvgIpc) is 3.12. The van der Waals surface area contributed by atoms with Crippen LogP contribution in [0, 0.1) is 0 Å². The van der Waals surface area contributed by atoms with E-state index < -0.39 is 12.1 Å². The first-order valence-electron chi connectivity index (χ1n) is 8.09. The van der Waals surface area contributed by atoms with Crippen molar-refractivity contribution in [2.45, 2.75) is 26.0 Å². The Hall–Kier alpha value is -3.02. The zero-order valence-corrected chi connectivity index (χ0v) is 13.9. The summed E-state index contributed by atoms with van der Waals surface area (Å²) in [6.07, 6.45) is -0.460. The number of benzene rings is 2. The third kappa shape index (κ3) is 4.09. The van der Waals surface area contributed by atoms with Gasteiger partial charge < -0.3 is 19.5 Å². The van der Waals surface area contributed by atoms with Gasteiger partial charge in [0.1, 0.15) is 0 Å². The molecule has 1 N–H and O–H groups in total. The zero-order valence-electron chi connectivity index (χ0n) is 13.9. The van der Waals surface area contributed by atoms with Crippen molar-refractivity contribution in [2.24, 2.45) is 0 Å². The first-order chi connectivity index (χ1) is 12.2. The fraction of sp³-hybridized carbons (Fsp3) is 0.263. The zero-order chi connectivity index (χ0) is 17.6. The lowest BCUT2D eigenvalue weighted by atomic mass is 10.2. The van der Waals surface area contributed by atoms with E-state index in [1.54, 1.807) is 25.1 Å². The van der Waals surface area contributed by atoms with Crippen LogP contribution in [-0.2, 0) is 16.1 Å². The number of hydrogen-bond donors (Lipinski definition) is 1. The van der Waals surface area contributed by atoms with Crippen molar-refractivity contribution in [3.05, 3.63) is 59.7 Å². The van der Waals surface area contributed by atoms with Crippen LogP contribution in [0.4, 0.5) is 0 Å². The normalized spacial score (nSPS) is 13.2. The first-order valence-corrected chi connectivity index (χ1v) is 8.09. The van der Waals surface area contributed by atoms with E-state index in [-0.39, 0.29) is 12.7 Å². The molecular weight excluding hydrogens is 322 g/mol. The highest BCUT2D eigenvalue weighted by Crippen LogP contribution is 2.32. The Balaban J connectivity index is 1.59. The lowest BCUT2D eigenvalue weighted by Gasteiger charge is -2.16. The molecule has 2 aromatic carbocycles. The van der Waals surface area contributed by atoms with Crippen molar-refractivity contribution in [3.8, 4) is 11.5 Å². The van der Waals surface area contributed by atoms with Gasteiger partial charge in [-0.25, -0.2) is 4.79 Å². The summed E-state index contributed by atoms with van der Waals surface area (Å²) in [4.78, 5) is 24.6. The molecule has 1 unspecified atom stereocenters. The van der Waals surface area contributed by atoms with Gasteiger partial charge in [0.05, 0.1) is 5.56 Å². The van der Waals surface area contributed by atoms with Gasteiger partial charge in [-0.2, -0.15) is 0 Å². The molecule has 0 saturated carbocycles. The number of rotatable bonds is 6. The Morgan fingerprint density at radius 1 is 1.12 bits per heavy atom.